The van der Waals surface area contributed by atoms with Crippen LogP contribution in [-0.4, -0.2) is 22.5 Å². The molecule has 0 aromatic carbocycles. The molecular weight excluding hydrogens is 206 g/mol. The van der Waals surface area contributed by atoms with Crippen molar-refractivity contribution in [1.29, 1.82) is 0 Å². The molecule has 1 aromatic rings. The van der Waals surface area contributed by atoms with Crippen molar-refractivity contribution in [2.24, 2.45) is 5.41 Å². The second-order valence-electron chi connectivity index (χ2n) is 4.74. The molecule has 0 aliphatic heterocycles. The number of carbonyl (C=O) groups is 1. The Morgan fingerprint density at radius 3 is 2.56 bits per heavy atom. The third-order valence-electron chi connectivity index (χ3n) is 2.01. The summed E-state index contributed by atoms with van der Waals surface area (Å²) in [6.45, 7) is 6.60. The van der Waals surface area contributed by atoms with Crippen molar-refractivity contribution in [3.63, 3.8) is 0 Å². The number of hydrogen-bond donors (Lipinski definition) is 1. The largest absolute Gasteiger partial charge is 0.461 e. The average Bonchev–Trinajstić information content (AvgIpc) is 2.16. The first-order chi connectivity index (χ1) is 7.40. The molecule has 0 spiro atoms. The molecule has 1 heterocycles. The van der Waals surface area contributed by atoms with Crippen LogP contribution in [0.2, 0.25) is 0 Å². The highest BCUT2D eigenvalue weighted by Crippen LogP contribution is 2.18. The van der Waals surface area contributed by atoms with Crippen molar-refractivity contribution in [2.75, 3.05) is 12.3 Å². The van der Waals surface area contributed by atoms with Gasteiger partial charge in [-0.2, -0.15) is 0 Å². The summed E-state index contributed by atoms with van der Waals surface area (Å²) in [5.74, 6) is -0.418. The Balaban J connectivity index is 2.51. The highest BCUT2D eigenvalue weighted by Gasteiger charge is 2.15. The molecule has 0 atom stereocenters. The fourth-order valence-electron chi connectivity index (χ4n) is 1.02. The van der Waals surface area contributed by atoms with Gasteiger partial charge in [0, 0.05) is 12.4 Å². The maximum Gasteiger partial charge on any atom is 0.360 e. The summed E-state index contributed by atoms with van der Waals surface area (Å²) in [5, 5.41) is 0. The molecule has 0 fully saturated rings. The number of aromatic nitrogens is 2. The Morgan fingerprint density at radius 1 is 1.38 bits per heavy atom. The first kappa shape index (κ1) is 12.4. The predicted octanol–water partition coefficient (Wildman–Crippen LogP) is 1.65. The van der Waals surface area contributed by atoms with E-state index in [4.69, 9.17) is 10.5 Å². The predicted molar refractivity (Wildman–Crippen MR) is 60.8 cm³/mol. The van der Waals surface area contributed by atoms with Gasteiger partial charge in [-0.15, -0.1) is 0 Å². The molecule has 2 N–H and O–H groups in total. The van der Waals surface area contributed by atoms with E-state index in [0.29, 0.717) is 6.61 Å². The van der Waals surface area contributed by atoms with E-state index in [-0.39, 0.29) is 16.9 Å². The van der Waals surface area contributed by atoms with Crippen molar-refractivity contribution in [2.45, 2.75) is 27.2 Å². The molecule has 5 nitrogen and oxygen atoms in total. The van der Waals surface area contributed by atoms with Gasteiger partial charge in [0.05, 0.1) is 6.61 Å². The standard InChI is InChI=1S/C11H17N3O2/c1-11(2,3)4-7-16-10(15)8-9(12)14-6-5-13-8/h5-6H,4,7H2,1-3H3,(H2,12,14). The molecule has 0 amide bonds. The normalized spacial score (nSPS) is 11.2. The molecule has 0 aliphatic carbocycles. The lowest BCUT2D eigenvalue weighted by molar-refractivity contribution is 0.0459. The third-order valence-corrected chi connectivity index (χ3v) is 2.01. The van der Waals surface area contributed by atoms with E-state index in [1.165, 1.54) is 12.4 Å². The van der Waals surface area contributed by atoms with Gasteiger partial charge in [-0.3, -0.25) is 0 Å². The summed E-state index contributed by atoms with van der Waals surface area (Å²) < 4.78 is 5.06. The quantitative estimate of drug-likeness (QED) is 0.788. The van der Waals surface area contributed by atoms with Gasteiger partial charge in [0.15, 0.2) is 11.5 Å². The molecule has 0 unspecified atom stereocenters. The van der Waals surface area contributed by atoms with E-state index < -0.39 is 5.97 Å². The lowest BCUT2D eigenvalue weighted by Gasteiger charge is -2.17. The molecule has 0 bridgehead atoms. The number of nitrogen functional groups attached to an aromatic ring is 1. The summed E-state index contributed by atoms with van der Waals surface area (Å²) in [4.78, 5) is 19.1. The minimum atomic E-state index is -0.519. The molecule has 0 saturated carbocycles. The summed E-state index contributed by atoms with van der Waals surface area (Å²) in [6.07, 6.45) is 3.64. The molecule has 88 valence electrons. The van der Waals surface area contributed by atoms with Gasteiger partial charge in [0.2, 0.25) is 0 Å². The summed E-state index contributed by atoms with van der Waals surface area (Å²) in [7, 11) is 0. The first-order valence-corrected chi connectivity index (χ1v) is 5.14. The second kappa shape index (κ2) is 4.92. The number of carbonyl (C=O) groups excluding carboxylic acids is 1. The van der Waals surface area contributed by atoms with Crippen molar-refractivity contribution in [3.05, 3.63) is 18.1 Å². The molecule has 16 heavy (non-hydrogen) atoms. The van der Waals surface area contributed by atoms with E-state index in [9.17, 15) is 4.79 Å². The van der Waals surface area contributed by atoms with E-state index in [1.807, 2.05) is 0 Å². The Bertz CT molecular complexity index is 372. The highest BCUT2D eigenvalue weighted by molar-refractivity contribution is 5.91. The summed E-state index contributed by atoms with van der Waals surface area (Å²) in [5.41, 5.74) is 5.72. The van der Waals surface area contributed by atoms with Crippen molar-refractivity contribution in [3.8, 4) is 0 Å². The van der Waals surface area contributed by atoms with Gasteiger partial charge in [-0.25, -0.2) is 14.8 Å². The third kappa shape index (κ3) is 3.84. The number of rotatable bonds is 3. The second-order valence-corrected chi connectivity index (χ2v) is 4.74. The minimum absolute atomic E-state index is 0.0800. The zero-order valence-corrected chi connectivity index (χ0v) is 9.86. The maximum absolute atomic E-state index is 11.5. The SMILES string of the molecule is CC(C)(C)CCOC(=O)c1nccnc1N. The average molecular weight is 223 g/mol. The Morgan fingerprint density at radius 2 is 2.00 bits per heavy atom. The van der Waals surface area contributed by atoms with Crippen LogP contribution >= 0.6 is 0 Å². The van der Waals surface area contributed by atoms with Crippen molar-refractivity contribution in [1.82, 2.24) is 9.97 Å². The number of esters is 1. The number of hydrogen-bond acceptors (Lipinski definition) is 5. The fraction of sp³-hybridized carbons (Fsp3) is 0.545. The number of ether oxygens (including phenoxy) is 1. The first-order valence-electron chi connectivity index (χ1n) is 5.14. The molecule has 0 aliphatic rings. The molecule has 0 saturated heterocycles. The lowest BCUT2D eigenvalue weighted by atomic mass is 9.93. The topological polar surface area (TPSA) is 78.1 Å². The lowest BCUT2D eigenvalue weighted by Crippen LogP contribution is -2.15. The monoisotopic (exact) mass is 223 g/mol. The number of anilines is 1. The Hall–Kier alpha value is -1.65. The zero-order chi connectivity index (χ0) is 12.2. The van der Waals surface area contributed by atoms with Gasteiger partial charge in [-0.05, 0) is 11.8 Å². The van der Waals surface area contributed by atoms with Crippen LogP contribution in [0.25, 0.3) is 0 Å². The van der Waals surface area contributed by atoms with Crippen LogP contribution in [-0.2, 0) is 4.74 Å². The van der Waals surface area contributed by atoms with Crippen molar-refractivity contribution < 1.29 is 9.53 Å². The fourth-order valence-corrected chi connectivity index (χ4v) is 1.02. The Kier molecular flexibility index (Phi) is 3.82. The van der Waals surface area contributed by atoms with E-state index in [1.54, 1.807) is 0 Å². The number of nitrogens with zero attached hydrogens (tertiary/aromatic N) is 2. The van der Waals surface area contributed by atoms with Gasteiger partial charge in [-0.1, -0.05) is 20.8 Å². The minimum Gasteiger partial charge on any atom is -0.461 e. The van der Waals surface area contributed by atoms with Gasteiger partial charge >= 0.3 is 5.97 Å². The van der Waals surface area contributed by atoms with Crippen LogP contribution in [0.15, 0.2) is 12.4 Å². The van der Waals surface area contributed by atoms with E-state index >= 15 is 0 Å². The molecule has 5 heteroatoms. The van der Waals surface area contributed by atoms with Crippen LogP contribution in [0, 0.1) is 5.41 Å². The molecule has 1 aromatic heterocycles. The summed E-state index contributed by atoms with van der Waals surface area (Å²) >= 11 is 0. The smallest absolute Gasteiger partial charge is 0.360 e. The Labute approximate surface area is 95.0 Å². The summed E-state index contributed by atoms with van der Waals surface area (Å²) in [6, 6.07) is 0. The molecular formula is C11H17N3O2. The zero-order valence-electron chi connectivity index (χ0n) is 9.86. The van der Waals surface area contributed by atoms with Crippen LogP contribution in [0.3, 0.4) is 0 Å². The van der Waals surface area contributed by atoms with Gasteiger partial charge in [0.25, 0.3) is 0 Å². The van der Waals surface area contributed by atoms with Crippen LogP contribution in [0.4, 0.5) is 5.82 Å². The molecule has 1 rings (SSSR count). The number of nitrogens with two attached hydrogens (primary N) is 1. The van der Waals surface area contributed by atoms with Crippen LogP contribution < -0.4 is 5.73 Å². The van der Waals surface area contributed by atoms with E-state index in [0.717, 1.165) is 6.42 Å². The van der Waals surface area contributed by atoms with Crippen LogP contribution in [0.1, 0.15) is 37.7 Å². The van der Waals surface area contributed by atoms with Crippen LogP contribution in [0.5, 0.6) is 0 Å². The van der Waals surface area contributed by atoms with Gasteiger partial charge in [0.1, 0.15) is 0 Å². The van der Waals surface area contributed by atoms with Crippen molar-refractivity contribution >= 4 is 11.8 Å². The maximum atomic E-state index is 11.5. The van der Waals surface area contributed by atoms with E-state index in [2.05, 4.69) is 30.7 Å². The van der Waals surface area contributed by atoms with Gasteiger partial charge < -0.3 is 10.5 Å². The molecule has 0 radical (unpaired) electrons. The highest BCUT2D eigenvalue weighted by atomic mass is 16.5.